The second-order valence-electron chi connectivity index (χ2n) is 4.38. The maximum absolute atomic E-state index is 5.79. The van der Waals surface area contributed by atoms with Crippen molar-refractivity contribution < 1.29 is 9.15 Å². The van der Waals surface area contributed by atoms with E-state index in [4.69, 9.17) is 9.15 Å². The van der Waals surface area contributed by atoms with Gasteiger partial charge >= 0.3 is 0 Å². The third-order valence-electron chi connectivity index (χ3n) is 2.86. The minimum absolute atomic E-state index is 0.655. The minimum Gasteiger partial charge on any atom is -0.467 e. The van der Waals surface area contributed by atoms with E-state index in [1.165, 1.54) is 0 Å². The first-order valence-electron chi connectivity index (χ1n) is 6.49. The van der Waals surface area contributed by atoms with E-state index in [9.17, 15) is 0 Å². The molecule has 3 heteroatoms. The molecule has 2 aromatic carbocycles. The fourth-order valence-corrected chi connectivity index (χ4v) is 1.90. The molecule has 0 amide bonds. The topological polar surface area (TPSA) is 34.4 Å². The lowest BCUT2D eigenvalue weighted by atomic mass is 10.3. The maximum atomic E-state index is 5.79. The Bertz CT molecular complexity index is 648. The van der Waals surface area contributed by atoms with Crippen molar-refractivity contribution in [2.24, 2.45) is 0 Å². The Hall–Kier alpha value is -2.68. The lowest BCUT2D eigenvalue weighted by Crippen LogP contribution is -1.98. The molecule has 3 nitrogen and oxygen atoms in total. The van der Waals surface area contributed by atoms with Gasteiger partial charge in [-0.25, -0.2) is 0 Å². The smallest absolute Gasteiger partial charge is 0.129 e. The molecule has 0 spiro atoms. The third-order valence-corrected chi connectivity index (χ3v) is 2.86. The SMILES string of the molecule is c1ccc(Oc2cccc(NCc3ccco3)c2)cc1. The Morgan fingerprint density at radius 3 is 2.50 bits per heavy atom. The van der Waals surface area contributed by atoms with Crippen LogP contribution in [0.5, 0.6) is 11.5 Å². The lowest BCUT2D eigenvalue weighted by Gasteiger charge is -2.08. The van der Waals surface area contributed by atoms with Crippen molar-refractivity contribution in [1.82, 2.24) is 0 Å². The van der Waals surface area contributed by atoms with Crippen molar-refractivity contribution in [2.45, 2.75) is 6.54 Å². The van der Waals surface area contributed by atoms with E-state index >= 15 is 0 Å². The summed E-state index contributed by atoms with van der Waals surface area (Å²) in [4.78, 5) is 0. The van der Waals surface area contributed by atoms with Gasteiger partial charge in [-0.05, 0) is 36.4 Å². The van der Waals surface area contributed by atoms with Crippen LogP contribution in [0.4, 0.5) is 5.69 Å². The molecule has 0 atom stereocenters. The van der Waals surface area contributed by atoms with E-state index in [0.29, 0.717) is 6.54 Å². The molecule has 100 valence electrons. The van der Waals surface area contributed by atoms with Gasteiger partial charge in [0.15, 0.2) is 0 Å². The molecule has 1 aromatic heterocycles. The van der Waals surface area contributed by atoms with E-state index in [0.717, 1.165) is 22.9 Å². The number of furan rings is 1. The van der Waals surface area contributed by atoms with E-state index in [1.807, 2.05) is 66.7 Å². The molecule has 1 N–H and O–H groups in total. The van der Waals surface area contributed by atoms with Gasteiger partial charge in [0.1, 0.15) is 17.3 Å². The summed E-state index contributed by atoms with van der Waals surface area (Å²) in [6.07, 6.45) is 1.67. The Kier molecular flexibility index (Phi) is 3.69. The zero-order valence-corrected chi connectivity index (χ0v) is 11.0. The van der Waals surface area contributed by atoms with Crippen molar-refractivity contribution in [1.29, 1.82) is 0 Å². The van der Waals surface area contributed by atoms with Crippen LogP contribution >= 0.6 is 0 Å². The summed E-state index contributed by atoms with van der Waals surface area (Å²) in [6, 6.07) is 21.4. The average Bonchev–Trinajstić information content (AvgIpc) is 3.00. The second kappa shape index (κ2) is 5.97. The molecular formula is C17H15NO2. The summed E-state index contributed by atoms with van der Waals surface area (Å²) < 4.78 is 11.1. The first-order valence-corrected chi connectivity index (χ1v) is 6.49. The monoisotopic (exact) mass is 265 g/mol. The van der Waals surface area contributed by atoms with Crippen LogP contribution < -0.4 is 10.1 Å². The van der Waals surface area contributed by atoms with Gasteiger partial charge in [0.2, 0.25) is 0 Å². The number of anilines is 1. The maximum Gasteiger partial charge on any atom is 0.129 e. The number of hydrogen-bond acceptors (Lipinski definition) is 3. The van der Waals surface area contributed by atoms with Crippen molar-refractivity contribution in [3.8, 4) is 11.5 Å². The predicted molar refractivity (Wildman–Crippen MR) is 79.0 cm³/mol. The zero-order chi connectivity index (χ0) is 13.6. The van der Waals surface area contributed by atoms with E-state index < -0.39 is 0 Å². The first kappa shape index (κ1) is 12.4. The van der Waals surface area contributed by atoms with Gasteiger partial charge in [-0.15, -0.1) is 0 Å². The molecule has 20 heavy (non-hydrogen) atoms. The fraction of sp³-hybridized carbons (Fsp3) is 0.0588. The van der Waals surface area contributed by atoms with Crippen LogP contribution in [0.25, 0.3) is 0 Å². The number of benzene rings is 2. The van der Waals surface area contributed by atoms with Gasteiger partial charge in [-0.1, -0.05) is 24.3 Å². The lowest BCUT2D eigenvalue weighted by molar-refractivity contribution is 0.482. The summed E-state index contributed by atoms with van der Waals surface area (Å²) in [5.41, 5.74) is 0.995. The normalized spacial score (nSPS) is 10.2. The van der Waals surface area contributed by atoms with Crippen LogP contribution in [0.2, 0.25) is 0 Å². The van der Waals surface area contributed by atoms with Crippen molar-refractivity contribution in [2.75, 3.05) is 5.32 Å². The minimum atomic E-state index is 0.655. The molecular weight excluding hydrogens is 250 g/mol. The van der Waals surface area contributed by atoms with Gasteiger partial charge in [0.25, 0.3) is 0 Å². The van der Waals surface area contributed by atoms with Crippen LogP contribution in [0.3, 0.4) is 0 Å². The van der Waals surface area contributed by atoms with Crippen LogP contribution in [-0.2, 0) is 6.54 Å². The highest BCUT2D eigenvalue weighted by molar-refractivity contribution is 5.49. The van der Waals surface area contributed by atoms with Gasteiger partial charge < -0.3 is 14.5 Å². The first-order chi connectivity index (χ1) is 9.90. The standard InChI is InChI=1S/C17H15NO2/c1-2-7-15(8-3-1)20-16-9-4-6-14(12-16)18-13-17-10-5-11-19-17/h1-12,18H,13H2. The Labute approximate surface area is 117 Å². The molecule has 0 aliphatic heterocycles. The average molecular weight is 265 g/mol. The molecule has 0 fully saturated rings. The number of ether oxygens (including phenoxy) is 1. The van der Waals surface area contributed by atoms with Crippen molar-refractivity contribution >= 4 is 5.69 Å². The molecule has 0 unspecified atom stereocenters. The summed E-state index contributed by atoms with van der Waals surface area (Å²) in [6.45, 7) is 0.655. The Morgan fingerprint density at radius 2 is 1.70 bits per heavy atom. The zero-order valence-electron chi connectivity index (χ0n) is 11.0. The van der Waals surface area contributed by atoms with Crippen LogP contribution in [0, 0.1) is 0 Å². The molecule has 0 saturated carbocycles. The fourth-order valence-electron chi connectivity index (χ4n) is 1.90. The molecule has 3 aromatic rings. The summed E-state index contributed by atoms with van der Waals surface area (Å²) in [5.74, 6) is 2.54. The highest BCUT2D eigenvalue weighted by Gasteiger charge is 2.00. The molecule has 1 heterocycles. The van der Waals surface area contributed by atoms with Crippen molar-refractivity contribution in [3.63, 3.8) is 0 Å². The number of para-hydroxylation sites is 1. The summed E-state index contributed by atoms with van der Waals surface area (Å²) in [5, 5.41) is 3.30. The van der Waals surface area contributed by atoms with E-state index in [1.54, 1.807) is 6.26 Å². The van der Waals surface area contributed by atoms with Gasteiger partial charge in [-0.2, -0.15) is 0 Å². The summed E-state index contributed by atoms with van der Waals surface area (Å²) in [7, 11) is 0. The van der Waals surface area contributed by atoms with Crippen molar-refractivity contribution in [3.05, 3.63) is 78.8 Å². The molecule has 0 bridgehead atoms. The predicted octanol–water partition coefficient (Wildman–Crippen LogP) is 4.68. The van der Waals surface area contributed by atoms with E-state index in [-0.39, 0.29) is 0 Å². The molecule has 3 rings (SSSR count). The number of rotatable bonds is 5. The summed E-state index contributed by atoms with van der Waals surface area (Å²) >= 11 is 0. The highest BCUT2D eigenvalue weighted by Crippen LogP contribution is 2.24. The number of hydrogen-bond donors (Lipinski definition) is 1. The molecule has 0 radical (unpaired) electrons. The number of nitrogens with one attached hydrogen (secondary N) is 1. The highest BCUT2D eigenvalue weighted by atomic mass is 16.5. The molecule has 0 aliphatic rings. The Morgan fingerprint density at radius 1 is 0.850 bits per heavy atom. The van der Waals surface area contributed by atoms with Gasteiger partial charge in [-0.3, -0.25) is 0 Å². The molecule has 0 saturated heterocycles. The van der Waals surface area contributed by atoms with Gasteiger partial charge in [0, 0.05) is 11.8 Å². The quantitative estimate of drug-likeness (QED) is 0.727. The van der Waals surface area contributed by atoms with Crippen LogP contribution in [0.15, 0.2) is 77.4 Å². The third kappa shape index (κ3) is 3.20. The van der Waals surface area contributed by atoms with Crippen LogP contribution in [0.1, 0.15) is 5.76 Å². The van der Waals surface area contributed by atoms with Gasteiger partial charge in [0.05, 0.1) is 12.8 Å². The Balaban J connectivity index is 1.66. The largest absolute Gasteiger partial charge is 0.467 e. The molecule has 0 aliphatic carbocycles. The second-order valence-corrected chi connectivity index (χ2v) is 4.38. The van der Waals surface area contributed by atoms with E-state index in [2.05, 4.69) is 5.32 Å². The van der Waals surface area contributed by atoms with Crippen LogP contribution in [-0.4, -0.2) is 0 Å².